The molecule has 118 valence electrons. The Kier molecular flexibility index (Phi) is 4.95. The van der Waals surface area contributed by atoms with Crippen LogP contribution in [0, 0.1) is 0 Å². The number of esters is 1. The van der Waals surface area contributed by atoms with Gasteiger partial charge in [0.15, 0.2) is 16.8 Å². The summed E-state index contributed by atoms with van der Waals surface area (Å²) in [5, 5.41) is 1.85. The van der Waals surface area contributed by atoms with Crippen molar-refractivity contribution >= 4 is 28.3 Å². The number of primary amides is 1. The first-order chi connectivity index (χ1) is 9.42. The van der Waals surface area contributed by atoms with Gasteiger partial charge in [-0.05, 0) is 34.6 Å². The van der Waals surface area contributed by atoms with Crippen molar-refractivity contribution in [1.29, 1.82) is 0 Å². The van der Waals surface area contributed by atoms with Gasteiger partial charge in [0, 0.05) is 5.38 Å². The summed E-state index contributed by atoms with van der Waals surface area (Å²) in [6.45, 7) is 8.24. The van der Waals surface area contributed by atoms with Gasteiger partial charge in [0.1, 0.15) is 5.60 Å². The highest BCUT2D eigenvalue weighted by Gasteiger charge is 2.38. The molecule has 4 N–H and O–H groups in total. The molecule has 0 bridgehead atoms. The molecule has 1 aromatic rings. The number of rotatable bonds is 5. The number of nitrogens with zero attached hydrogens (tertiary/aromatic N) is 1. The Morgan fingerprint density at radius 3 is 2.24 bits per heavy atom. The highest BCUT2D eigenvalue weighted by atomic mass is 32.1. The van der Waals surface area contributed by atoms with Gasteiger partial charge in [0.2, 0.25) is 0 Å². The zero-order chi connectivity index (χ0) is 16.4. The standard InChI is InChI=1S/C13H21N3O4S/c1-12(2,3)20-10(18)13(4,5)19-8(9(14)17)7-6-21-11(15)16-7/h6,8H,1-5H3,(H2,14,17)(H2,15,16). The topological polar surface area (TPSA) is 118 Å². The smallest absolute Gasteiger partial charge is 0.338 e. The van der Waals surface area contributed by atoms with Crippen molar-refractivity contribution in [2.45, 2.75) is 51.9 Å². The molecule has 0 radical (unpaired) electrons. The van der Waals surface area contributed by atoms with E-state index in [1.54, 1.807) is 26.2 Å². The van der Waals surface area contributed by atoms with Crippen LogP contribution in [0.3, 0.4) is 0 Å². The molecule has 0 aliphatic rings. The average Bonchev–Trinajstić information content (AvgIpc) is 2.70. The van der Waals surface area contributed by atoms with Gasteiger partial charge in [-0.3, -0.25) is 4.79 Å². The fraction of sp³-hybridized carbons (Fsp3) is 0.615. The normalized spacial score (nSPS) is 13.8. The van der Waals surface area contributed by atoms with E-state index in [1.807, 2.05) is 0 Å². The van der Waals surface area contributed by atoms with Crippen LogP contribution < -0.4 is 11.5 Å². The largest absolute Gasteiger partial charge is 0.458 e. The minimum atomic E-state index is -1.36. The van der Waals surface area contributed by atoms with Crippen LogP contribution in [-0.4, -0.2) is 28.1 Å². The van der Waals surface area contributed by atoms with Gasteiger partial charge < -0.3 is 20.9 Å². The number of amides is 1. The molecule has 1 amide bonds. The molecule has 0 saturated carbocycles. The van der Waals surface area contributed by atoms with E-state index in [0.29, 0.717) is 0 Å². The van der Waals surface area contributed by atoms with Crippen LogP contribution in [0.1, 0.15) is 46.4 Å². The third-order valence-corrected chi connectivity index (χ3v) is 3.06. The molecular weight excluding hydrogens is 294 g/mol. The molecule has 1 aromatic heterocycles. The number of anilines is 1. The lowest BCUT2D eigenvalue weighted by atomic mass is 10.1. The van der Waals surface area contributed by atoms with Gasteiger partial charge in [-0.15, -0.1) is 11.3 Å². The summed E-state index contributed by atoms with van der Waals surface area (Å²) in [6.07, 6.45) is -1.17. The van der Waals surface area contributed by atoms with E-state index in [9.17, 15) is 9.59 Å². The minimum Gasteiger partial charge on any atom is -0.458 e. The van der Waals surface area contributed by atoms with Crippen molar-refractivity contribution in [1.82, 2.24) is 4.98 Å². The molecule has 21 heavy (non-hydrogen) atoms. The van der Waals surface area contributed by atoms with E-state index >= 15 is 0 Å². The lowest BCUT2D eigenvalue weighted by Gasteiger charge is -2.30. The third-order valence-electron chi connectivity index (χ3n) is 2.37. The number of nitrogen functional groups attached to an aromatic ring is 1. The molecular formula is C13H21N3O4S. The molecule has 0 aliphatic heterocycles. The van der Waals surface area contributed by atoms with E-state index in [0.717, 1.165) is 11.3 Å². The molecule has 0 aliphatic carbocycles. The highest BCUT2D eigenvalue weighted by molar-refractivity contribution is 7.13. The van der Waals surface area contributed by atoms with E-state index in [4.69, 9.17) is 20.9 Å². The van der Waals surface area contributed by atoms with Crippen molar-refractivity contribution in [2.24, 2.45) is 5.73 Å². The van der Waals surface area contributed by atoms with Gasteiger partial charge in [0.05, 0.1) is 5.69 Å². The minimum absolute atomic E-state index is 0.279. The van der Waals surface area contributed by atoms with E-state index in [-0.39, 0.29) is 10.8 Å². The van der Waals surface area contributed by atoms with E-state index in [2.05, 4.69) is 4.98 Å². The summed E-state index contributed by atoms with van der Waals surface area (Å²) in [5.74, 6) is -1.35. The van der Waals surface area contributed by atoms with E-state index in [1.165, 1.54) is 13.8 Å². The number of ether oxygens (including phenoxy) is 2. The Labute approximate surface area is 127 Å². The molecule has 0 saturated heterocycles. The highest BCUT2D eigenvalue weighted by Crippen LogP contribution is 2.28. The van der Waals surface area contributed by atoms with Crippen molar-refractivity contribution in [2.75, 3.05) is 5.73 Å². The number of carbonyl (C=O) groups excluding carboxylic acids is 2. The molecule has 8 heteroatoms. The second-order valence-electron chi connectivity index (χ2n) is 6.02. The number of hydrogen-bond acceptors (Lipinski definition) is 7. The Morgan fingerprint density at radius 2 is 1.86 bits per heavy atom. The Morgan fingerprint density at radius 1 is 1.29 bits per heavy atom. The monoisotopic (exact) mass is 315 g/mol. The maximum atomic E-state index is 12.1. The predicted octanol–water partition coefficient (Wildman–Crippen LogP) is 1.39. The van der Waals surface area contributed by atoms with Crippen LogP contribution >= 0.6 is 11.3 Å². The maximum absolute atomic E-state index is 12.1. The summed E-state index contributed by atoms with van der Waals surface area (Å²) in [5.41, 5.74) is 9.11. The van der Waals surface area contributed by atoms with Crippen LogP contribution in [0.2, 0.25) is 0 Å². The SMILES string of the molecule is CC(C)(C)OC(=O)C(C)(C)OC(C(N)=O)c1csc(N)n1. The predicted molar refractivity (Wildman–Crippen MR) is 79.5 cm³/mol. The average molecular weight is 315 g/mol. The molecule has 0 fully saturated rings. The van der Waals surface area contributed by atoms with Crippen LogP contribution in [-0.2, 0) is 19.1 Å². The van der Waals surface area contributed by atoms with Crippen molar-refractivity contribution in [3.8, 4) is 0 Å². The Bertz CT molecular complexity index is 534. The van der Waals surface area contributed by atoms with Gasteiger partial charge in [-0.1, -0.05) is 0 Å². The first-order valence-electron chi connectivity index (χ1n) is 6.34. The summed E-state index contributed by atoms with van der Waals surface area (Å²) in [6, 6.07) is 0. The number of nitrogens with two attached hydrogens (primary N) is 2. The second kappa shape index (κ2) is 5.98. The molecule has 1 atom stereocenters. The molecule has 0 aromatic carbocycles. The van der Waals surface area contributed by atoms with Crippen LogP contribution in [0.25, 0.3) is 0 Å². The summed E-state index contributed by atoms with van der Waals surface area (Å²) in [7, 11) is 0. The van der Waals surface area contributed by atoms with Gasteiger partial charge in [-0.25, -0.2) is 9.78 Å². The zero-order valence-corrected chi connectivity index (χ0v) is 13.6. The van der Waals surface area contributed by atoms with Crippen LogP contribution in [0.4, 0.5) is 5.13 Å². The number of carbonyl (C=O) groups is 2. The number of thiazole rings is 1. The molecule has 1 rings (SSSR count). The Hall–Kier alpha value is -1.67. The molecule has 1 unspecified atom stereocenters. The molecule has 7 nitrogen and oxygen atoms in total. The molecule has 1 heterocycles. The second-order valence-corrected chi connectivity index (χ2v) is 6.91. The van der Waals surface area contributed by atoms with Gasteiger partial charge >= 0.3 is 5.97 Å². The zero-order valence-electron chi connectivity index (χ0n) is 12.8. The summed E-state index contributed by atoms with van der Waals surface area (Å²) in [4.78, 5) is 27.7. The van der Waals surface area contributed by atoms with Gasteiger partial charge in [0.25, 0.3) is 5.91 Å². The van der Waals surface area contributed by atoms with Crippen LogP contribution in [0.15, 0.2) is 5.38 Å². The molecule has 0 spiro atoms. The first-order valence-corrected chi connectivity index (χ1v) is 7.22. The lowest BCUT2D eigenvalue weighted by Crippen LogP contribution is -2.43. The van der Waals surface area contributed by atoms with Crippen LogP contribution in [0.5, 0.6) is 0 Å². The fourth-order valence-corrected chi connectivity index (χ4v) is 2.00. The fourth-order valence-electron chi connectivity index (χ4n) is 1.43. The van der Waals surface area contributed by atoms with Gasteiger partial charge in [-0.2, -0.15) is 0 Å². The number of aromatic nitrogens is 1. The van der Waals surface area contributed by atoms with Crippen molar-refractivity contribution in [3.63, 3.8) is 0 Å². The Balaban J connectivity index is 2.92. The maximum Gasteiger partial charge on any atom is 0.338 e. The number of hydrogen-bond donors (Lipinski definition) is 2. The first kappa shape index (κ1) is 17.4. The van der Waals surface area contributed by atoms with E-state index < -0.39 is 29.2 Å². The summed E-state index contributed by atoms with van der Waals surface area (Å²) < 4.78 is 10.8. The summed E-state index contributed by atoms with van der Waals surface area (Å²) >= 11 is 1.16. The van der Waals surface area contributed by atoms with Crippen molar-refractivity contribution in [3.05, 3.63) is 11.1 Å². The third kappa shape index (κ3) is 4.98. The lowest BCUT2D eigenvalue weighted by molar-refractivity contribution is -0.187. The quantitative estimate of drug-likeness (QED) is 0.793. The van der Waals surface area contributed by atoms with Crippen molar-refractivity contribution < 1.29 is 19.1 Å².